The molecule has 0 saturated heterocycles. The van der Waals surface area contributed by atoms with Crippen molar-refractivity contribution in [1.29, 1.82) is 0 Å². The summed E-state index contributed by atoms with van der Waals surface area (Å²) in [5.41, 5.74) is 0.714. The summed E-state index contributed by atoms with van der Waals surface area (Å²) in [5.74, 6) is 1.12. The molecule has 22 heavy (non-hydrogen) atoms. The molecule has 1 rings (SSSR count). The molecule has 0 aliphatic carbocycles. The monoisotopic (exact) mass is 309 g/mol. The van der Waals surface area contributed by atoms with Crippen molar-refractivity contribution in [3.63, 3.8) is 0 Å². The molecule has 0 aliphatic heterocycles. The standard InChI is InChI=1S/C17H28FN3O/c1-4-19-17(21-11-12-22-13-14(2)3)20-10-9-15-7-5-6-8-16(15)18/h5-8,14H,4,9-13H2,1-3H3,(H2,19,20,21). The third-order valence-electron chi connectivity index (χ3n) is 2.95. The third-order valence-corrected chi connectivity index (χ3v) is 2.95. The van der Waals surface area contributed by atoms with Gasteiger partial charge in [0.05, 0.1) is 13.2 Å². The molecule has 124 valence electrons. The van der Waals surface area contributed by atoms with Gasteiger partial charge in [-0.05, 0) is 30.9 Å². The van der Waals surface area contributed by atoms with E-state index in [2.05, 4.69) is 29.5 Å². The number of benzene rings is 1. The SMILES string of the molecule is CCNC(=NCCOCC(C)C)NCCc1ccccc1F. The molecule has 0 fully saturated rings. The summed E-state index contributed by atoms with van der Waals surface area (Å²) in [7, 11) is 0. The van der Waals surface area contributed by atoms with E-state index in [-0.39, 0.29) is 5.82 Å². The van der Waals surface area contributed by atoms with E-state index in [0.717, 1.165) is 19.1 Å². The number of ether oxygens (including phenoxy) is 1. The average Bonchev–Trinajstić information content (AvgIpc) is 2.48. The zero-order chi connectivity index (χ0) is 16.2. The molecule has 0 atom stereocenters. The Morgan fingerprint density at radius 3 is 2.73 bits per heavy atom. The lowest BCUT2D eigenvalue weighted by atomic mass is 10.1. The Balaban J connectivity index is 2.32. The summed E-state index contributed by atoms with van der Waals surface area (Å²) in [4.78, 5) is 4.44. The first kappa shape index (κ1) is 18.4. The molecule has 0 saturated carbocycles. The second-order valence-electron chi connectivity index (χ2n) is 5.50. The largest absolute Gasteiger partial charge is 0.379 e. The Kier molecular flexibility index (Phi) is 9.23. The number of nitrogens with zero attached hydrogens (tertiary/aromatic N) is 1. The molecule has 0 heterocycles. The molecule has 0 radical (unpaired) electrons. The van der Waals surface area contributed by atoms with Gasteiger partial charge in [0.25, 0.3) is 0 Å². The molecule has 0 amide bonds. The normalized spacial score (nSPS) is 11.8. The first-order valence-corrected chi connectivity index (χ1v) is 7.96. The maximum atomic E-state index is 13.5. The van der Waals surface area contributed by atoms with Crippen LogP contribution in [0.15, 0.2) is 29.3 Å². The van der Waals surface area contributed by atoms with Crippen molar-refractivity contribution >= 4 is 5.96 Å². The van der Waals surface area contributed by atoms with Gasteiger partial charge in [0, 0.05) is 19.7 Å². The van der Waals surface area contributed by atoms with E-state index in [0.29, 0.717) is 37.6 Å². The summed E-state index contributed by atoms with van der Waals surface area (Å²) in [6.45, 7) is 9.67. The summed E-state index contributed by atoms with van der Waals surface area (Å²) in [6, 6.07) is 6.85. The van der Waals surface area contributed by atoms with E-state index in [1.807, 2.05) is 13.0 Å². The Labute approximate surface area is 133 Å². The van der Waals surface area contributed by atoms with Gasteiger partial charge in [-0.25, -0.2) is 4.39 Å². The van der Waals surface area contributed by atoms with Gasteiger partial charge >= 0.3 is 0 Å². The lowest BCUT2D eigenvalue weighted by Gasteiger charge is -2.12. The van der Waals surface area contributed by atoms with Crippen molar-refractivity contribution in [2.45, 2.75) is 27.2 Å². The maximum Gasteiger partial charge on any atom is 0.191 e. The molecular formula is C17H28FN3O. The van der Waals surface area contributed by atoms with E-state index in [1.165, 1.54) is 6.07 Å². The second-order valence-corrected chi connectivity index (χ2v) is 5.50. The van der Waals surface area contributed by atoms with Crippen molar-refractivity contribution < 1.29 is 9.13 Å². The Morgan fingerprint density at radius 2 is 2.05 bits per heavy atom. The number of hydrogen-bond acceptors (Lipinski definition) is 2. The molecule has 0 aliphatic rings. The minimum atomic E-state index is -0.159. The fourth-order valence-electron chi connectivity index (χ4n) is 1.90. The molecule has 0 unspecified atom stereocenters. The first-order valence-electron chi connectivity index (χ1n) is 7.96. The second kappa shape index (κ2) is 11.0. The van der Waals surface area contributed by atoms with E-state index >= 15 is 0 Å². The van der Waals surface area contributed by atoms with Gasteiger partial charge in [0.1, 0.15) is 5.82 Å². The van der Waals surface area contributed by atoms with Crippen LogP contribution >= 0.6 is 0 Å². The van der Waals surface area contributed by atoms with Crippen LogP contribution in [0, 0.1) is 11.7 Å². The quantitative estimate of drug-likeness (QED) is 0.419. The maximum absolute atomic E-state index is 13.5. The van der Waals surface area contributed by atoms with Crippen molar-refractivity contribution in [2.24, 2.45) is 10.9 Å². The first-order chi connectivity index (χ1) is 10.6. The number of guanidine groups is 1. The van der Waals surface area contributed by atoms with Crippen LogP contribution in [0.1, 0.15) is 26.3 Å². The van der Waals surface area contributed by atoms with Crippen LogP contribution in [0.25, 0.3) is 0 Å². The smallest absolute Gasteiger partial charge is 0.191 e. The van der Waals surface area contributed by atoms with Gasteiger partial charge in [-0.15, -0.1) is 0 Å². The van der Waals surface area contributed by atoms with Crippen LogP contribution in [0.4, 0.5) is 4.39 Å². The third kappa shape index (κ3) is 7.98. The molecule has 5 heteroatoms. The van der Waals surface area contributed by atoms with E-state index in [9.17, 15) is 4.39 Å². The Morgan fingerprint density at radius 1 is 1.27 bits per heavy atom. The van der Waals surface area contributed by atoms with Gasteiger partial charge in [-0.1, -0.05) is 32.0 Å². The number of hydrogen-bond donors (Lipinski definition) is 2. The summed E-state index contributed by atoms with van der Waals surface area (Å²) < 4.78 is 19.0. The highest BCUT2D eigenvalue weighted by atomic mass is 19.1. The highest BCUT2D eigenvalue weighted by molar-refractivity contribution is 5.79. The van der Waals surface area contributed by atoms with Crippen molar-refractivity contribution in [3.8, 4) is 0 Å². The minimum Gasteiger partial charge on any atom is -0.379 e. The molecule has 1 aromatic rings. The van der Waals surface area contributed by atoms with Gasteiger partial charge < -0.3 is 15.4 Å². The fourth-order valence-corrected chi connectivity index (χ4v) is 1.90. The molecule has 0 spiro atoms. The number of aliphatic imine (C=N–C) groups is 1. The number of rotatable bonds is 9. The number of halogens is 1. The van der Waals surface area contributed by atoms with Gasteiger partial charge in [0.15, 0.2) is 5.96 Å². The summed E-state index contributed by atoms with van der Waals surface area (Å²) in [5, 5.41) is 6.39. The summed E-state index contributed by atoms with van der Waals surface area (Å²) >= 11 is 0. The topological polar surface area (TPSA) is 45.7 Å². The van der Waals surface area contributed by atoms with Crippen LogP contribution in [-0.4, -0.2) is 38.8 Å². The molecule has 0 bridgehead atoms. The lowest BCUT2D eigenvalue weighted by molar-refractivity contribution is 0.117. The lowest BCUT2D eigenvalue weighted by Crippen LogP contribution is -2.38. The van der Waals surface area contributed by atoms with Gasteiger partial charge in [-0.3, -0.25) is 4.99 Å². The van der Waals surface area contributed by atoms with Crippen molar-refractivity contribution in [2.75, 3.05) is 32.8 Å². The molecule has 4 nitrogen and oxygen atoms in total. The van der Waals surface area contributed by atoms with Crippen LogP contribution in [-0.2, 0) is 11.2 Å². The van der Waals surface area contributed by atoms with E-state index < -0.39 is 0 Å². The zero-order valence-electron chi connectivity index (χ0n) is 13.9. The molecule has 0 aromatic heterocycles. The van der Waals surface area contributed by atoms with Crippen molar-refractivity contribution in [3.05, 3.63) is 35.6 Å². The fraction of sp³-hybridized carbons (Fsp3) is 0.588. The zero-order valence-corrected chi connectivity index (χ0v) is 13.9. The van der Waals surface area contributed by atoms with Gasteiger partial charge in [0.2, 0.25) is 0 Å². The molecular weight excluding hydrogens is 281 g/mol. The molecule has 2 N–H and O–H groups in total. The number of nitrogens with one attached hydrogen (secondary N) is 2. The van der Waals surface area contributed by atoms with Crippen LogP contribution in [0.2, 0.25) is 0 Å². The summed E-state index contributed by atoms with van der Waals surface area (Å²) in [6.07, 6.45) is 0.626. The Bertz CT molecular complexity index is 449. The van der Waals surface area contributed by atoms with Crippen LogP contribution in [0.3, 0.4) is 0 Å². The van der Waals surface area contributed by atoms with Crippen molar-refractivity contribution in [1.82, 2.24) is 10.6 Å². The average molecular weight is 309 g/mol. The van der Waals surface area contributed by atoms with E-state index in [4.69, 9.17) is 4.74 Å². The van der Waals surface area contributed by atoms with Crippen LogP contribution in [0.5, 0.6) is 0 Å². The highest BCUT2D eigenvalue weighted by Crippen LogP contribution is 2.06. The van der Waals surface area contributed by atoms with Crippen LogP contribution < -0.4 is 10.6 Å². The predicted octanol–water partition coefficient (Wildman–Crippen LogP) is 2.60. The predicted molar refractivity (Wildman–Crippen MR) is 89.7 cm³/mol. The van der Waals surface area contributed by atoms with Gasteiger partial charge in [-0.2, -0.15) is 0 Å². The molecule has 1 aromatic carbocycles. The minimum absolute atomic E-state index is 0.159. The van der Waals surface area contributed by atoms with E-state index in [1.54, 1.807) is 12.1 Å². The Hall–Kier alpha value is -1.62. The highest BCUT2D eigenvalue weighted by Gasteiger charge is 2.01.